The van der Waals surface area contributed by atoms with E-state index in [1.54, 1.807) is 17.0 Å². The van der Waals surface area contributed by atoms with Crippen LogP contribution in [0.2, 0.25) is 5.02 Å². The van der Waals surface area contributed by atoms with Crippen LogP contribution in [0.15, 0.2) is 30.6 Å². The van der Waals surface area contributed by atoms with Crippen molar-refractivity contribution in [3.63, 3.8) is 0 Å². The van der Waals surface area contributed by atoms with Crippen molar-refractivity contribution in [2.75, 3.05) is 11.4 Å². The minimum Gasteiger partial charge on any atom is -0.376 e. The molecular formula is C18H16ClF3N2O2. The third-order valence-electron chi connectivity index (χ3n) is 4.58. The number of carbonyl (C=O) groups excluding carboxylic acids is 1. The first-order valence-corrected chi connectivity index (χ1v) is 8.25. The molecule has 1 aliphatic rings. The third kappa shape index (κ3) is 3.05. The van der Waals surface area contributed by atoms with Crippen molar-refractivity contribution in [1.29, 1.82) is 0 Å². The largest absolute Gasteiger partial charge is 0.421 e. The molecule has 2 heterocycles. The SMILES string of the molecule is CC(=O)N1CCc2cc(-c3cncc([C@](C)(O)C(F)(F)F)c3)cc(Cl)c21. The van der Waals surface area contributed by atoms with E-state index < -0.39 is 11.8 Å². The zero-order valence-electron chi connectivity index (χ0n) is 14.1. The Morgan fingerprint density at radius 2 is 1.92 bits per heavy atom. The number of amides is 1. The second-order valence-corrected chi connectivity index (χ2v) is 6.83. The van der Waals surface area contributed by atoms with Gasteiger partial charge in [0.25, 0.3) is 0 Å². The van der Waals surface area contributed by atoms with Crippen molar-refractivity contribution < 1.29 is 23.1 Å². The summed E-state index contributed by atoms with van der Waals surface area (Å²) in [6.07, 6.45) is -1.82. The highest BCUT2D eigenvalue weighted by atomic mass is 35.5. The van der Waals surface area contributed by atoms with Crippen LogP contribution in [-0.4, -0.2) is 28.7 Å². The van der Waals surface area contributed by atoms with Crippen LogP contribution in [0.1, 0.15) is 25.0 Å². The molecule has 3 rings (SSSR count). The Morgan fingerprint density at radius 1 is 1.23 bits per heavy atom. The molecule has 4 nitrogen and oxygen atoms in total. The van der Waals surface area contributed by atoms with E-state index in [2.05, 4.69) is 4.98 Å². The van der Waals surface area contributed by atoms with Gasteiger partial charge in [-0.15, -0.1) is 0 Å². The molecule has 1 amide bonds. The van der Waals surface area contributed by atoms with Crippen LogP contribution < -0.4 is 4.90 Å². The molecule has 1 N–H and O–H groups in total. The first kappa shape index (κ1) is 18.7. The Hall–Kier alpha value is -2.12. The monoisotopic (exact) mass is 384 g/mol. The number of benzene rings is 1. The number of pyridine rings is 1. The summed E-state index contributed by atoms with van der Waals surface area (Å²) in [7, 11) is 0. The summed E-state index contributed by atoms with van der Waals surface area (Å²) in [5, 5.41) is 10.2. The number of nitrogens with zero attached hydrogens (tertiary/aromatic N) is 2. The molecule has 0 bridgehead atoms. The van der Waals surface area contributed by atoms with Gasteiger partial charge in [0.1, 0.15) is 0 Å². The Morgan fingerprint density at radius 3 is 2.54 bits per heavy atom. The first-order valence-electron chi connectivity index (χ1n) is 7.88. The summed E-state index contributed by atoms with van der Waals surface area (Å²) in [5.41, 5.74) is -0.916. The van der Waals surface area contributed by atoms with Crippen LogP contribution in [0.4, 0.5) is 18.9 Å². The minimum atomic E-state index is -4.83. The number of rotatable bonds is 2. The van der Waals surface area contributed by atoms with Crippen LogP contribution in [0.5, 0.6) is 0 Å². The number of hydrogen-bond donors (Lipinski definition) is 1. The lowest BCUT2D eigenvalue weighted by atomic mass is 9.94. The number of aliphatic hydroxyl groups is 1. The highest BCUT2D eigenvalue weighted by Gasteiger charge is 2.51. The number of anilines is 1. The number of carbonyl (C=O) groups is 1. The van der Waals surface area contributed by atoms with Gasteiger partial charge in [-0.1, -0.05) is 11.6 Å². The smallest absolute Gasteiger partial charge is 0.376 e. The summed E-state index contributed by atoms with van der Waals surface area (Å²) >= 11 is 6.32. The number of hydrogen-bond acceptors (Lipinski definition) is 3. The fraction of sp³-hybridized carbons (Fsp3) is 0.333. The lowest BCUT2D eigenvalue weighted by Gasteiger charge is -2.26. The lowest BCUT2D eigenvalue weighted by molar-refractivity contribution is -0.259. The van der Waals surface area contributed by atoms with Crippen molar-refractivity contribution in [3.8, 4) is 11.1 Å². The average molecular weight is 385 g/mol. The molecule has 2 aromatic rings. The number of fused-ring (bicyclic) bond motifs is 1. The molecule has 0 spiro atoms. The third-order valence-corrected chi connectivity index (χ3v) is 4.87. The maximum atomic E-state index is 13.1. The fourth-order valence-electron chi connectivity index (χ4n) is 3.00. The van der Waals surface area contributed by atoms with E-state index >= 15 is 0 Å². The molecular weight excluding hydrogens is 369 g/mol. The van der Waals surface area contributed by atoms with Gasteiger partial charge in [0.2, 0.25) is 5.91 Å². The van der Waals surface area contributed by atoms with Gasteiger partial charge in [0.15, 0.2) is 5.60 Å². The number of halogens is 4. The molecule has 8 heteroatoms. The van der Waals surface area contributed by atoms with Crippen molar-refractivity contribution in [3.05, 3.63) is 46.7 Å². The van der Waals surface area contributed by atoms with E-state index in [-0.39, 0.29) is 11.5 Å². The molecule has 0 saturated heterocycles. The van der Waals surface area contributed by atoms with Crippen LogP contribution >= 0.6 is 11.6 Å². The molecule has 26 heavy (non-hydrogen) atoms. The molecule has 0 fully saturated rings. The van der Waals surface area contributed by atoms with E-state index in [0.29, 0.717) is 41.7 Å². The summed E-state index contributed by atoms with van der Waals surface area (Å²) in [6, 6.07) is 4.62. The van der Waals surface area contributed by atoms with E-state index in [1.165, 1.54) is 19.2 Å². The summed E-state index contributed by atoms with van der Waals surface area (Å²) in [4.78, 5) is 17.1. The van der Waals surface area contributed by atoms with Gasteiger partial charge >= 0.3 is 6.18 Å². The maximum Gasteiger partial charge on any atom is 0.421 e. The molecule has 138 valence electrons. The van der Waals surface area contributed by atoms with Crippen LogP contribution in [-0.2, 0) is 16.8 Å². The van der Waals surface area contributed by atoms with Crippen LogP contribution in [0, 0.1) is 0 Å². The molecule has 0 saturated carbocycles. The van der Waals surface area contributed by atoms with Gasteiger partial charge < -0.3 is 10.0 Å². The topological polar surface area (TPSA) is 53.4 Å². The van der Waals surface area contributed by atoms with E-state index in [4.69, 9.17) is 11.6 Å². The van der Waals surface area contributed by atoms with Crippen LogP contribution in [0.25, 0.3) is 11.1 Å². The van der Waals surface area contributed by atoms with E-state index in [9.17, 15) is 23.1 Å². The maximum absolute atomic E-state index is 13.1. The Labute approximate surface area is 153 Å². The normalized spacial score (nSPS) is 16.3. The van der Waals surface area contributed by atoms with E-state index in [0.717, 1.165) is 11.8 Å². The highest BCUT2D eigenvalue weighted by Crippen LogP contribution is 2.41. The predicted octanol–water partition coefficient (Wildman–Crippen LogP) is 4.08. The van der Waals surface area contributed by atoms with Gasteiger partial charge in [-0.25, -0.2) is 0 Å². The lowest BCUT2D eigenvalue weighted by Crippen LogP contribution is -2.39. The standard InChI is InChI=1S/C18H16ClF3N2O2/c1-10(25)24-4-3-11-5-12(7-15(19)16(11)24)13-6-14(9-23-8-13)17(2,26)18(20,21)22/h5-9,26H,3-4H2,1-2H3/t17-/m0/s1. The molecule has 0 unspecified atom stereocenters. The molecule has 1 atom stereocenters. The highest BCUT2D eigenvalue weighted by molar-refractivity contribution is 6.34. The quantitative estimate of drug-likeness (QED) is 0.848. The minimum absolute atomic E-state index is 0.122. The van der Waals surface area contributed by atoms with Crippen LogP contribution in [0.3, 0.4) is 0 Å². The molecule has 1 aliphatic heterocycles. The Balaban J connectivity index is 2.06. The predicted molar refractivity (Wildman–Crippen MR) is 92.0 cm³/mol. The molecule has 0 aliphatic carbocycles. The number of aromatic nitrogens is 1. The van der Waals surface area contributed by atoms with E-state index in [1.807, 2.05) is 0 Å². The van der Waals surface area contributed by atoms with Gasteiger partial charge in [-0.2, -0.15) is 13.2 Å². The first-order chi connectivity index (χ1) is 12.0. The molecule has 0 radical (unpaired) electrons. The van der Waals surface area contributed by atoms with Gasteiger partial charge in [0, 0.05) is 37.0 Å². The zero-order chi connectivity index (χ0) is 19.3. The van der Waals surface area contributed by atoms with Crippen molar-refractivity contribution in [2.24, 2.45) is 0 Å². The zero-order valence-corrected chi connectivity index (χ0v) is 14.8. The van der Waals surface area contributed by atoms with Gasteiger partial charge in [0.05, 0.1) is 10.7 Å². The molecule has 1 aromatic heterocycles. The Bertz CT molecular complexity index is 881. The van der Waals surface area contributed by atoms with Crippen molar-refractivity contribution in [2.45, 2.75) is 32.0 Å². The second kappa shape index (κ2) is 6.25. The fourth-order valence-corrected chi connectivity index (χ4v) is 3.34. The summed E-state index contributed by atoms with van der Waals surface area (Å²) in [6.45, 7) is 2.65. The number of alkyl halides is 3. The average Bonchev–Trinajstić information content (AvgIpc) is 2.98. The van der Waals surface area contributed by atoms with Crippen molar-refractivity contribution in [1.82, 2.24) is 4.98 Å². The Kier molecular flexibility index (Phi) is 4.48. The van der Waals surface area contributed by atoms with Gasteiger partial charge in [-0.05, 0) is 42.7 Å². The summed E-state index contributed by atoms with van der Waals surface area (Å²) in [5.74, 6) is -0.122. The molecule has 1 aromatic carbocycles. The second-order valence-electron chi connectivity index (χ2n) is 6.42. The van der Waals surface area contributed by atoms with Crippen molar-refractivity contribution >= 4 is 23.2 Å². The van der Waals surface area contributed by atoms with Gasteiger partial charge in [-0.3, -0.25) is 9.78 Å². The summed E-state index contributed by atoms with van der Waals surface area (Å²) < 4.78 is 39.2.